The summed E-state index contributed by atoms with van der Waals surface area (Å²) in [6, 6.07) is 11.3. The van der Waals surface area contributed by atoms with E-state index in [9.17, 15) is 8.42 Å². The molecule has 1 aromatic heterocycles. The van der Waals surface area contributed by atoms with E-state index in [0.717, 1.165) is 45.3 Å². The van der Waals surface area contributed by atoms with Crippen molar-refractivity contribution >= 4 is 10.0 Å². The Morgan fingerprint density at radius 2 is 1.70 bits per heavy atom. The van der Waals surface area contributed by atoms with E-state index in [1.54, 1.807) is 12.1 Å². The van der Waals surface area contributed by atoms with Crippen molar-refractivity contribution in [1.29, 1.82) is 0 Å². The highest BCUT2D eigenvalue weighted by Gasteiger charge is 2.22. The third-order valence-electron chi connectivity index (χ3n) is 5.20. The predicted octanol–water partition coefficient (Wildman–Crippen LogP) is 3.22. The molecule has 27 heavy (non-hydrogen) atoms. The quantitative estimate of drug-likeness (QED) is 0.755. The van der Waals surface area contributed by atoms with Crippen molar-refractivity contribution in [3.8, 4) is 0 Å². The van der Waals surface area contributed by atoms with Gasteiger partial charge in [-0.25, -0.2) is 13.1 Å². The topological polar surface area (TPSA) is 62.3 Å². The number of benzene rings is 1. The number of nitrogens with one attached hydrogen (secondary N) is 1. The molecule has 0 aliphatic carbocycles. The first-order valence-corrected chi connectivity index (χ1v) is 11.2. The summed E-state index contributed by atoms with van der Waals surface area (Å²) in [6.45, 7) is 5.57. The second kappa shape index (κ2) is 9.44. The first kappa shape index (κ1) is 20.0. The standard InChI is InChI=1S/C21H29N3O2S/c1-2-3-18-4-6-21(7-5-18)27(25,26)23-16-19-10-14-24(15-11-19)17-20-8-12-22-13-9-20/h4-9,12-13,19,23H,2-3,10-11,14-17H2,1H3. The van der Waals surface area contributed by atoms with Crippen LogP contribution in [0.3, 0.4) is 0 Å². The van der Waals surface area contributed by atoms with Crippen LogP contribution in [0.1, 0.15) is 37.3 Å². The van der Waals surface area contributed by atoms with Crippen molar-refractivity contribution < 1.29 is 8.42 Å². The molecule has 0 radical (unpaired) electrons. The van der Waals surface area contributed by atoms with Crippen LogP contribution in [0.25, 0.3) is 0 Å². The summed E-state index contributed by atoms with van der Waals surface area (Å²) in [4.78, 5) is 6.84. The van der Waals surface area contributed by atoms with Gasteiger partial charge in [0.2, 0.25) is 10.0 Å². The zero-order valence-corrected chi connectivity index (χ0v) is 16.8. The molecule has 3 rings (SSSR count). The summed E-state index contributed by atoms with van der Waals surface area (Å²) < 4.78 is 27.9. The van der Waals surface area contributed by atoms with Gasteiger partial charge in [-0.15, -0.1) is 0 Å². The maximum Gasteiger partial charge on any atom is 0.240 e. The number of aromatic nitrogens is 1. The molecule has 0 amide bonds. The first-order valence-electron chi connectivity index (χ1n) is 9.76. The van der Waals surface area contributed by atoms with Gasteiger partial charge in [-0.3, -0.25) is 9.88 Å². The molecule has 2 heterocycles. The second-order valence-electron chi connectivity index (χ2n) is 7.32. The maximum absolute atomic E-state index is 12.5. The van der Waals surface area contributed by atoms with Crippen molar-refractivity contribution in [3.63, 3.8) is 0 Å². The fraction of sp³-hybridized carbons (Fsp3) is 0.476. The van der Waals surface area contributed by atoms with Crippen LogP contribution in [0.2, 0.25) is 0 Å². The summed E-state index contributed by atoms with van der Waals surface area (Å²) in [5.41, 5.74) is 2.45. The third kappa shape index (κ3) is 5.86. The normalized spacial score (nSPS) is 16.5. The van der Waals surface area contributed by atoms with E-state index >= 15 is 0 Å². The van der Waals surface area contributed by atoms with Gasteiger partial charge in [-0.1, -0.05) is 25.5 Å². The summed E-state index contributed by atoms with van der Waals surface area (Å²) in [6.07, 6.45) is 7.72. The number of sulfonamides is 1. The molecular weight excluding hydrogens is 358 g/mol. The molecule has 0 bridgehead atoms. The van der Waals surface area contributed by atoms with Gasteiger partial charge in [-0.2, -0.15) is 0 Å². The molecule has 0 saturated carbocycles. The highest BCUT2D eigenvalue weighted by molar-refractivity contribution is 7.89. The van der Waals surface area contributed by atoms with Crippen LogP contribution in [0.5, 0.6) is 0 Å². The number of nitrogens with zero attached hydrogens (tertiary/aromatic N) is 2. The average molecular weight is 388 g/mol. The molecule has 1 aliphatic heterocycles. The number of piperidine rings is 1. The molecule has 146 valence electrons. The van der Waals surface area contributed by atoms with Crippen LogP contribution in [-0.4, -0.2) is 37.9 Å². The Labute approximate surface area is 162 Å². The number of likely N-dealkylation sites (tertiary alicyclic amines) is 1. The van der Waals surface area contributed by atoms with Crippen molar-refractivity contribution in [2.75, 3.05) is 19.6 Å². The van der Waals surface area contributed by atoms with Gasteiger partial charge < -0.3 is 0 Å². The lowest BCUT2D eigenvalue weighted by Gasteiger charge is -2.32. The molecule has 1 N–H and O–H groups in total. The molecule has 2 aromatic rings. The minimum Gasteiger partial charge on any atom is -0.299 e. The molecule has 1 saturated heterocycles. The molecule has 0 spiro atoms. The predicted molar refractivity (Wildman–Crippen MR) is 108 cm³/mol. The Morgan fingerprint density at radius 1 is 1.04 bits per heavy atom. The Bertz CT molecular complexity index is 799. The van der Waals surface area contributed by atoms with Gasteiger partial charge in [-0.05, 0) is 73.7 Å². The van der Waals surface area contributed by atoms with Crippen molar-refractivity contribution in [2.45, 2.75) is 44.0 Å². The summed E-state index contributed by atoms with van der Waals surface area (Å²) in [5, 5.41) is 0. The fourth-order valence-electron chi connectivity index (χ4n) is 3.53. The summed E-state index contributed by atoms with van der Waals surface area (Å²) in [5.74, 6) is 0.396. The number of aryl methyl sites for hydroxylation is 1. The Balaban J connectivity index is 1.46. The van der Waals surface area contributed by atoms with Gasteiger partial charge in [0.05, 0.1) is 4.90 Å². The number of rotatable bonds is 8. The van der Waals surface area contributed by atoms with E-state index < -0.39 is 10.0 Å². The number of hydrogen-bond acceptors (Lipinski definition) is 4. The summed E-state index contributed by atoms with van der Waals surface area (Å²) >= 11 is 0. The molecule has 1 aliphatic rings. The SMILES string of the molecule is CCCc1ccc(S(=O)(=O)NCC2CCN(Cc3ccncc3)CC2)cc1. The lowest BCUT2D eigenvalue weighted by atomic mass is 9.97. The Morgan fingerprint density at radius 3 is 2.33 bits per heavy atom. The second-order valence-corrected chi connectivity index (χ2v) is 9.09. The lowest BCUT2D eigenvalue weighted by molar-refractivity contribution is 0.178. The molecule has 0 atom stereocenters. The van der Waals surface area contributed by atoms with Crippen LogP contribution in [0, 0.1) is 5.92 Å². The van der Waals surface area contributed by atoms with Gasteiger partial charge >= 0.3 is 0 Å². The van der Waals surface area contributed by atoms with E-state index in [1.807, 2.05) is 36.7 Å². The molecule has 5 nitrogen and oxygen atoms in total. The first-order chi connectivity index (χ1) is 13.1. The summed E-state index contributed by atoms with van der Waals surface area (Å²) in [7, 11) is -3.42. The highest BCUT2D eigenvalue weighted by atomic mass is 32.2. The van der Waals surface area contributed by atoms with E-state index in [4.69, 9.17) is 0 Å². The van der Waals surface area contributed by atoms with Gasteiger partial charge in [0, 0.05) is 25.5 Å². The minimum atomic E-state index is -3.42. The average Bonchev–Trinajstić information content (AvgIpc) is 2.69. The minimum absolute atomic E-state index is 0.359. The Hall–Kier alpha value is -1.76. The van der Waals surface area contributed by atoms with Crippen molar-refractivity contribution in [1.82, 2.24) is 14.6 Å². The Kier molecular flexibility index (Phi) is 6.99. The zero-order valence-electron chi connectivity index (χ0n) is 16.0. The number of hydrogen-bond donors (Lipinski definition) is 1. The zero-order chi connectivity index (χ0) is 19.1. The van der Waals surface area contributed by atoms with Crippen molar-refractivity contribution in [3.05, 3.63) is 59.9 Å². The molecule has 1 fully saturated rings. The van der Waals surface area contributed by atoms with Gasteiger partial charge in [0.15, 0.2) is 0 Å². The van der Waals surface area contributed by atoms with Gasteiger partial charge in [0.1, 0.15) is 0 Å². The van der Waals surface area contributed by atoms with Crippen LogP contribution in [0.15, 0.2) is 53.7 Å². The molecule has 6 heteroatoms. The monoisotopic (exact) mass is 387 g/mol. The van der Waals surface area contributed by atoms with E-state index in [-0.39, 0.29) is 0 Å². The fourth-order valence-corrected chi connectivity index (χ4v) is 4.65. The largest absolute Gasteiger partial charge is 0.299 e. The van der Waals surface area contributed by atoms with Crippen LogP contribution in [-0.2, 0) is 23.0 Å². The van der Waals surface area contributed by atoms with Crippen molar-refractivity contribution in [2.24, 2.45) is 5.92 Å². The van der Waals surface area contributed by atoms with Crippen LogP contribution in [0.4, 0.5) is 0 Å². The third-order valence-corrected chi connectivity index (χ3v) is 6.64. The van der Waals surface area contributed by atoms with E-state index in [2.05, 4.69) is 21.5 Å². The number of pyridine rings is 1. The van der Waals surface area contributed by atoms with Crippen LogP contribution >= 0.6 is 0 Å². The van der Waals surface area contributed by atoms with Crippen LogP contribution < -0.4 is 4.72 Å². The van der Waals surface area contributed by atoms with E-state index in [0.29, 0.717) is 17.4 Å². The molecule has 0 unspecified atom stereocenters. The smallest absolute Gasteiger partial charge is 0.240 e. The highest BCUT2D eigenvalue weighted by Crippen LogP contribution is 2.19. The van der Waals surface area contributed by atoms with E-state index in [1.165, 1.54) is 11.1 Å². The molecule has 1 aromatic carbocycles. The molecular formula is C21H29N3O2S. The van der Waals surface area contributed by atoms with Gasteiger partial charge in [0.25, 0.3) is 0 Å². The lowest BCUT2D eigenvalue weighted by Crippen LogP contribution is -2.38. The maximum atomic E-state index is 12.5.